The minimum atomic E-state index is -0.560. The number of hydrogen-bond donors (Lipinski definition) is 1. The van der Waals surface area contributed by atoms with Crippen LogP contribution in [0.2, 0.25) is 0 Å². The van der Waals surface area contributed by atoms with E-state index in [1.807, 2.05) is 31.2 Å². The first-order valence-electron chi connectivity index (χ1n) is 11.0. The largest absolute Gasteiger partial charge is 0.497 e. The molecule has 0 bridgehead atoms. The smallest absolute Gasteiger partial charge is 0.243 e. The van der Waals surface area contributed by atoms with E-state index in [4.69, 9.17) is 4.74 Å². The highest BCUT2D eigenvalue weighted by Gasteiger charge is 2.30. The fraction of sp³-hybridized carbons (Fsp3) is 0.440. The van der Waals surface area contributed by atoms with Gasteiger partial charge in [0.05, 0.1) is 13.5 Å². The molecular formula is C25H31FN2O3. The van der Waals surface area contributed by atoms with Crippen LogP contribution in [0.5, 0.6) is 5.75 Å². The van der Waals surface area contributed by atoms with E-state index in [2.05, 4.69) is 5.32 Å². The van der Waals surface area contributed by atoms with Crippen molar-refractivity contribution in [3.8, 4) is 5.75 Å². The summed E-state index contributed by atoms with van der Waals surface area (Å²) in [5, 5.41) is 3.14. The van der Waals surface area contributed by atoms with Crippen molar-refractivity contribution in [1.82, 2.24) is 10.2 Å². The molecule has 1 saturated carbocycles. The molecule has 2 aromatic rings. The van der Waals surface area contributed by atoms with E-state index in [1.54, 1.807) is 24.1 Å². The lowest BCUT2D eigenvalue weighted by Crippen LogP contribution is -2.51. The van der Waals surface area contributed by atoms with E-state index in [9.17, 15) is 14.0 Å². The first-order chi connectivity index (χ1) is 15.0. The van der Waals surface area contributed by atoms with Crippen molar-refractivity contribution in [2.75, 3.05) is 7.11 Å². The SMILES string of the molecule is CC[C@@H](C(=O)NC1CCCC1)N(Cc1ccc(OC)cc1)C(=O)Cc1ccc(F)cc1. The van der Waals surface area contributed by atoms with Crippen molar-refractivity contribution in [3.05, 3.63) is 65.5 Å². The van der Waals surface area contributed by atoms with Gasteiger partial charge in [-0.05, 0) is 54.7 Å². The Morgan fingerprint density at radius 3 is 2.26 bits per heavy atom. The van der Waals surface area contributed by atoms with Crippen LogP contribution in [0.3, 0.4) is 0 Å². The predicted molar refractivity (Wildman–Crippen MR) is 118 cm³/mol. The lowest BCUT2D eigenvalue weighted by atomic mass is 10.1. The summed E-state index contributed by atoms with van der Waals surface area (Å²) in [4.78, 5) is 28.0. The first-order valence-corrected chi connectivity index (χ1v) is 11.0. The maximum Gasteiger partial charge on any atom is 0.243 e. The van der Waals surface area contributed by atoms with E-state index in [0.29, 0.717) is 13.0 Å². The van der Waals surface area contributed by atoms with Crippen LogP contribution in [0.15, 0.2) is 48.5 Å². The van der Waals surface area contributed by atoms with Gasteiger partial charge in [0.2, 0.25) is 11.8 Å². The molecule has 2 amide bonds. The van der Waals surface area contributed by atoms with E-state index in [0.717, 1.165) is 42.6 Å². The molecule has 0 aliphatic heterocycles. The van der Waals surface area contributed by atoms with Crippen LogP contribution in [0.25, 0.3) is 0 Å². The van der Waals surface area contributed by atoms with Crippen LogP contribution in [0.4, 0.5) is 4.39 Å². The molecule has 0 unspecified atom stereocenters. The normalized spacial score (nSPS) is 14.8. The molecule has 1 fully saturated rings. The standard InChI is InChI=1S/C25H31FN2O3/c1-3-23(25(30)27-21-6-4-5-7-21)28(17-19-10-14-22(31-2)15-11-19)24(29)16-18-8-12-20(26)13-9-18/h8-15,21,23H,3-7,16-17H2,1-2H3,(H,27,30)/t23-/m0/s1. The van der Waals surface area contributed by atoms with Gasteiger partial charge in [0.1, 0.15) is 17.6 Å². The summed E-state index contributed by atoms with van der Waals surface area (Å²) in [6, 6.07) is 13.0. The molecular weight excluding hydrogens is 395 g/mol. The topological polar surface area (TPSA) is 58.6 Å². The molecule has 5 nitrogen and oxygen atoms in total. The van der Waals surface area contributed by atoms with Crippen molar-refractivity contribution in [3.63, 3.8) is 0 Å². The number of carbonyl (C=O) groups excluding carboxylic acids is 2. The zero-order valence-corrected chi connectivity index (χ0v) is 18.3. The highest BCUT2D eigenvalue weighted by molar-refractivity contribution is 5.88. The molecule has 166 valence electrons. The summed E-state index contributed by atoms with van der Waals surface area (Å²) in [5.41, 5.74) is 1.64. The second kappa shape index (κ2) is 10.9. The number of nitrogens with one attached hydrogen (secondary N) is 1. The Hall–Kier alpha value is -2.89. The number of carbonyl (C=O) groups is 2. The predicted octanol–water partition coefficient (Wildman–Crippen LogP) is 4.24. The molecule has 3 rings (SSSR count). The van der Waals surface area contributed by atoms with Crippen LogP contribution in [0, 0.1) is 5.82 Å². The van der Waals surface area contributed by atoms with Crippen LogP contribution in [0.1, 0.15) is 50.2 Å². The number of halogens is 1. The summed E-state index contributed by atoms with van der Waals surface area (Å²) < 4.78 is 18.5. The second-order valence-corrected chi connectivity index (χ2v) is 8.09. The van der Waals surface area contributed by atoms with Crippen molar-refractivity contribution in [1.29, 1.82) is 0 Å². The van der Waals surface area contributed by atoms with Crippen molar-refractivity contribution < 1.29 is 18.7 Å². The Kier molecular flexibility index (Phi) is 8.04. The molecule has 2 aromatic carbocycles. The van der Waals surface area contributed by atoms with Gasteiger partial charge in [-0.1, -0.05) is 44.0 Å². The third-order valence-corrected chi connectivity index (χ3v) is 5.87. The average molecular weight is 427 g/mol. The summed E-state index contributed by atoms with van der Waals surface area (Å²) in [6.45, 7) is 2.24. The summed E-state index contributed by atoms with van der Waals surface area (Å²) >= 11 is 0. The Balaban J connectivity index is 1.80. The zero-order chi connectivity index (χ0) is 22.2. The van der Waals surface area contributed by atoms with E-state index >= 15 is 0 Å². The highest BCUT2D eigenvalue weighted by Crippen LogP contribution is 2.20. The molecule has 0 heterocycles. The lowest BCUT2D eigenvalue weighted by Gasteiger charge is -2.31. The minimum absolute atomic E-state index is 0.102. The van der Waals surface area contributed by atoms with E-state index < -0.39 is 6.04 Å². The number of amides is 2. The van der Waals surface area contributed by atoms with Crippen molar-refractivity contribution in [2.24, 2.45) is 0 Å². The molecule has 0 radical (unpaired) electrons. The highest BCUT2D eigenvalue weighted by atomic mass is 19.1. The van der Waals surface area contributed by atoms with Crippen LogP contribution in [-0.2, 0) is 22.6 Å². The number of methoxy groups -OCH3 is 1. The Morgan fingerprint density at radius 2 is 1.68 bits per heavy atom. The van der Waals surface area contributed by atoms with Gasteiger partial charge >= 0.3 is 0 Å². The van der Waals surface area contributed by atoms with Gasteiger partial charge < -0.3 is 15.0 Å². The van der Waals surface area contributed by atoms with Crippen LogP contribution < -0.4 is 10.1 Å². The quantitative estimate of drug-likeness (QED) is 0.652. The third kappa shape index (κ3) is 6.29. The molecule has 1 aliphatic carbocycles. The lowest BCUT2D eigenvalue weighted by molar-refractivity contribution is -0.141. The number of rotatable bonds is 9. The second-order valence-electron chi connectivity index (χ2n) is 8.09. The molecule has 0 saturated heterocycles. The van der Waals surface area contributed by atoms with Crippen molar-refractivity contribution in [2.45, 2.75) is 64.1 Å². The Bertz CT molecular complexity index is 861. The van der Waals surface area contributed by atoms with Crippen molar-refractivity contribution >= 4 is 11.8 Å². The van der Waals surface area contributed by atoms with Gasteiger partial charge in [0, 0.05) is 12.6 Å². The van der Waals surface area contributed by atoms with Gasteiger partial charge in [-0.15, -0.1) is 0 Å². The number of benzene rings is 2. The van der Waals surface area contributed by atoms with Gasteiger partial charge in [0.15, 0.2) is 0 Å². The van der Waals surface area contributed by atoms with Crippen LogP contribution in [-0.4, -0.2) is 35.9 Å². The Morgan fingerprint density at radius 1 is 1.06 bits per heavy atom. The zero-order valence-electron chi connectivity index (χ0n) is 18.3. The molecule has 31 heavy (non-hydrogen) atoms. The fourth-order valence-electron chi connectivity index (χ4n) is 4.09. The average Bonchev–Trinajstić information content (AvgIpc) is 3.28. The minimum Gasteiger partial charge on any atom is -0.497 e. The maximum absolute atomic E-state index is 13.3. The summed E-state index contributed by atoms with van der Waals surface area (Å²) in [6.07, 6.45) is 4.86. The summed E-state index contributed by atoms with van der Waals surface area (Å²) in [5.74, 6) is 0.138. The third-order valence-electron chi connectivity index (χ3n) is 5.87. The number of nitrogens with zero attached hydrogens (tertiary/aromatic N) is 1. The molecule has 1 atom stereocenters. The number of hydrogen-bond acceptors (Lipinski definition) is 3. The van der Waals surface area contributed by atoms with Gasteiger partial charge in [-0.3, -0.25) is 9.59 Å². The molecule has 1 N–H and O–H groups in total. The van der Waals surface area contributed by atoms with Gasteiger partial charge in [-0.25, -0.2) is 4.39 Å². The maximum atomic E-state index is 13.3. The van der Waals surface area contributed by atoms with Crippen LogP contribution >= 0.6 is 0 Å². The monoisotopic (exact) mass is 426 g/mol. The molecule has 0 spiro atoms. The molecule has 1 aliphatic rings. The van der Waals surface area contributed by atoms with Gasteiger partial charge in [-0.2, -0.15) is 0 Å². The van der Waals surface area contributed by atoms with Gasteiger partial charge in [0.25, 0.3) is 0 Å². The molecule has 0 aromatic heterocycles. The fourth-order valence-corrected chi connectivity index (χ4v) is 4.09. The van der Waals surface area contributed by atoms with E-state index in [-0.39, 0.29) is 30.1 Å². The van der Waals surface area contributed by atoms with E-state index in [1.165, 1.54) is 12.1 Å². The number of ether oxygens (including phenoxy) is 1. The summed E-state index contributed by atoms with van der Waals surface area (Å²) in [7, 11) is 1.61. The molecule has 6 heteroatoms. The Labute approximate surface area is 183 Å². The first kappa shape index (κ1) is 22.8.